The first-order valence-corrected chi connectivity index (χ1v) is 9.76. The molecule has 0 aromatic carbocycles. The topological polar surface area (TPSA) is 73.8 Å². The van der Waals surface area contributed by atoms with Crippen molar-refractivity contribution in [2.75, 3.05) is 26.9 Å². The van der Waals surface area contributed by atoms with Crippen LogP contribution in [0.15, 0.2) is 17.1 Å². The Morgan fingerprint density at radius 3 is 2.48 bits per heavy atom. The third kappa shape index (κ3) is 9.08. The summed E-state index contributed by atoms with van der Waals surface area (Å²) in [5.74, 6) is 0.688. The molecule has 1 heterocycles. The van der Waals surface area contributed by atoms with Gasteiger partial charge in [0.15, 0.2) is 5.96 Å². The zero-order valence-electron chi connectivity index (χ0n) is 13.9. The lowest BCUT2D eigenvalue weighted by molar-refractivity contribution is 0.424. The molecule has 0 aliphatic heterocycles. The van der Waals surface area contributed by atoms with Crippen LogP contribution in [-0.4, -0.2) is 51.7 Å². The molecule has 0 amide bonds. The van der Waals surface area contributed by atoms with Gasteiger partial charge in [0.2, 0.25) is 10.0 Å². The third-order valence-corrected chi connectivity index (χ3v) is 4.88. The van der Waals surface area contributed by atoms with E-state index in [1.165, 1.54) is 11.3 Å². The summed E-state index contributed by atoms with van der Waals surface area (Å²) in [5.41, 5.74) is -0.614. The molecule has 0 bridgehead atoms. The van der Waals surface area contributed by atoms with Crippen molar-refractivity contribution in [2.45, 2.75) is 25.9 Å². The number of rotatable bonds is 6. The fraction of sp³-hybridized carbons (Fsp3) is 0.615. The predicted octanol–water partition coefficient (Wildman–Crippen LogP) is 2.35. The van der Waals surface area contributed by atoms with Gasteiger partial charge in [-0.05, 0) is 26.0 Å². The van der Waals surface area contributed by atoms with E-state index >= 15 is 0 Å². The van der Waals surface area contributed by atoms with Crippen LogP contribution in [0.5, 0.6) is 0 Å². The zero-order valence-corrected chi connectivity index (χ0v) is 18.6. The van der Waals surface area contributed by atoms with Crippen molar-refractivity contribution >= 4 is 62.9 Å². The van der Waals surface area contributed by atoms with Crippen molar-refractivity contribution in [1.82, 2.24) is 14.9 Å². The smallest absolute Gasteiger partial charge is 0.209 e. The molecule has 23 heavy (non-hydrogen) atoms. The van der Waals surface area contributed by atoms with Gasteiger partial charge in [-0.2, -0.15) is 0 Å². The van der Waals surface area contributed by atoms with Crippen molar-refractivity contribution in [3.63, 3.8) is 0 Å². The first-order valence-electron chi connectivity index (χ1n) is 6.67. The van der Waals surface area contributed by atoms with E-state index in [-0.39, 0.29) is 24.0 Å². The van der Waals surface area contributed by atoms with Crippen molar-refractivity contribution in [1.29, 1.82) is 0 Å². The Balaban J connectivity index is 0.00000484. The van der Waals surface area contributed by atoms with Crippen LogP contribution in [0.2, 0.25) is 4.34 Å². The fourth-order valence-corrected chi connectivity index (χ4v) is 4.19. The minimum Gasteiger partial charge on any atom is -0.354 e. The summed E-state index contributed by atoms with van der Waals surface area (Å²) >= 11 is 7.45. The normalized spacial score (nSPS) is 12.7. The average Bonchev–Trinajstić information content (AvgIpc) is 2.72. The molecule has 0 spiro atoms. The minimum atomic E-state index is -3.26. The van der Waals surface area contributed by atoms with Crippen molar-refractivity contribution < 1.29 is 8.42 Å². The maximum absolute atomic E-state index is 11.3. The van der Waals surface area contributed by atoms with Gasteiger partial charge in [0.05, 0.1) is 17.1 Å². The quantitative estimate of drug-likeness (QED) is 0.362. The molecule has 6 nitrogen and oxygen atoms in total. The molecule has 0 saturated carbocycles. The van der Waals surface area contributed by atoms with E-state index in [2.05, 4.69) is 15.0 Å². The van der Waals surface area contributed by atoms with Crippen LogP contribution in [-0.2, 0) is 16.6 Å². The van der Waals surface area contributed by atoms with Crippen LogP contribution < -0.4 is 10.0 Å². The third-order valence-electron chi connectivity index (χ3n) is 2.75. The second-order valence-electron chi connectivity index (χ2n) is 5.72. The zero-order chi connectivity index (χ0) is 17.0. The van der Waals surface area contributed by atoms with Gasteiger partial charge in [-0.1, -0.05) is 11.6 Å². The van der Waals surface area contributed by atoms with E-state index in [0.717, 1.165) is 15.5 Å². The summed E-state index contributed by atoms with van der Waals surface area (Å²) in [6.07, 6.45) is 1.15. The highest BCUT2D eigenvalue weighted by molar-refractivity contribution is 14.0. The number of guanidine groups is 1. The lowest BCUT2D eigenvalue weighted by Crippen LogP contribution is -2.53. The van der Waals surface area contributed by atoms with E-state index in [1.807, 2.05) is 37.9 Å². The molecule has 1 rings (SSSR count). The van der Waals surface area contributed by atoms with Crippen LogP contribution in [0.25, 0.3) is 0 Å². The van der Waals surface area contributed by atoms with Crippen LogP contribution >= 0.6 is 46.9 Å². The lowest BCUT2D eigenvalue weighted by Gasteiger charge is -2.28. The largest absolute Gasteiger partial charge is 0.354 e. The predicted molar refractivity (Wildman–Crippen MR) is 110 cm³/mol. The van der Waals surface area contributed by atoms with Gasteiger partial charge in [0, 0.05) is 31.1 Å². The highest BCUT2D eigenvalue weighted by Gasteiger charge is 2.23. The van der Waals surface area contributed by atoms with E-state index in [1.54, 1.807) is 7.05 Å². The van der Waals surface area contributed by atoms with Gasteiger partial charge in [-0.3, -0.25) is 4.99 Å². The first kappa shape index (κ1) is 22.9. The van der Waals surface area contributed by atoms with Gasteiger partial charge in [-0.25, -0.2) is 13.1 Å². The second-order valence-corrected chi connectivity index (χ2v) is 9.27. The summed E-state index contributed by atoms with van der Waals surface area (Å²) in [4.78, 5) is 7.30. The molecule has 1 aromatic heterocycles. The molecule has 0 unspecified atom stereocenters. The average molecular weight is 495 g/mol. The van der Waals surface area contributed by atoms with Crippen LogP contribution in [0.3, 0.4) is 0 Å². The molecule has 2 N–H and O–H groups in total. The number of nitrogens with one attached hydrogen (secondary N) is 2. The molecule has 134 valence electrons. The summed E-state index contributed by atoms with van der Waals surface area (Å²) in [5, 5.41) is 3.18. The van der Waals surface area contributed by atoms with Gasteiger partial charge in [0.25, 0.3) is 0 Å². The highest BCUT2D eigenvalue weighted by Crippen LogP contribution is 2.22. The molecule has 10 heteroatoms. The van der Waals surface area contributed by atoms with Gasteiger partial charge < -0.3 is 10.2 Å². The Bertz CT molecular complexity index is 632. The Hall–Kier alpha value is -0.1000. The SMILES string of the molecule is CN=C(NCC(C)(C)NS(C)(=O)=O)N(C)Cc1ccc(Cl)s1.I. The molecule has 0 aliphatic carbocycles. The Morgan fingerprint density at radius 1 is 1.43 bits per heavy atom. The number of nitrogens with zero attached hydrogens (tertiary/aromatic N) is 2. The minimum absolute atomic E-state index is 0. The van der Waals surface area contributed by atoms with Crippen LogP contribution in [0.4, 0.5) is 0 Å². The summed E-state index contributed by atoms with van der Waals surface area (Å²) in [6.45, 7) is 4.72. The molecule has 0 aliphatic rings. The maximum Gasteiger partial charge on any atom is 0.209 e. The molecule has 0 saturated heterocycles. The monoisotopic (exact) mass is 494 g/mol. The first-order chi connectivity index (χ1) is 10.0. The van der Waals surface area contributed by atoms with E-state index in [0.29, 0.717) is 19.0 Å². The number of thiophene rings is 1. The number of hydrogen-bond donors (Lipinski definition) is 2. The number of halogens is 2. The van der Waals surface area contributed by atoms with Gasteiger partial charge in [-0.15, -0.1) is 35.3 Å². The highest BCUT2D eigenvalue weighted by atomic mass is 127. The van der Waals surface area contributed by atoms with Crippen molar-refractivity contribution in [3.8, 4) is 0 Å². The number of hydrogen-bond acceptors (Lipinski definition) is 4. The molecule has 0 atom stereocenters. The van der Waals surface area contributed by atoms with Gasteiger partial charge >= 0.3 is 0 Å². The fourth-order valence-electron chi connectivity index (χ4n) is 1.97. The Labute approximate surface area is 164 Å². The Morgan fingerprint density at radius 2 is 2.04 bits per heavy atom. The number of sulfonamides is 1. The lowest BCUT2D eigenvalue weighted by atomic mass is 10.1. The van der Waals surface area contributed by atoms with Crippen LogP contribution in [0, 0.1) is 0 Å². The summed E-state index contributed by atoms with van der Waals surface area (Å²) in [6, 6.07) is 3.84. The molecule has 1 aromatic rings. The maximum atomic E-state index is 11.3. The van der Waals surface area contributed by atoms with E-state index < -0.39 is 15.6 Å². The van der Waals surface area contributed by atoms with Gasteiger partial charge in [0.1, 0.15) is 0 Å². The van der Waals surface area contributed by atoms with E-state index in [9.17, 15) is 8.42 Å². The van der Waals surface area contributed by atoms with E-state index in [4.69, 9.17) is 11.6 Å². The van der Waals surface area contributed by atoms with Crippen molar-refractivity contribution in [2.24, 2.45) is 4.99 Å². The number of aliphatic imine (C=N–C) groups is 1. The molecular weight excluding hydrogens is 471 g/mol. The summed E-state index contributed by atoms with van der Waals surface area (Å²) in [7, 11) is 0.349. The summed E-state index contributed by atoms with van der Waals surface area (Å²) < 4.78 is 26.0. The van der Waals surface area contributed by atoms with Crippen molar-refractivity contribution in [3.05, 3.63) is 21.3 Å². The van der Waals surface area contributed by atoms with Crippen LogP contribution in [0.1, 0.15) is 18.7 Å². The molecule has 0 fully saturated rings. The second kappa shape index (κ2) is 9.40. The molecular formula is C13H24ClIN4O2S2. The Kier molecular flexibility index (Phi) is 9.36. The standard InChI is InChI=1S/C13H23ClN4O2S2.HI/c1-13(2,17-22(5,19)20)9-16-12(15-3)18(4)8-10-6-7-11(14)21-10;/h6-7,17H,8-9H2,1-5H3,(H,15,16);1H. The molecule has 0 radical (unpaired) electrons.